The minimum atomic E-state index is 1.08. The van der Waals surface area contributed by atoms with Crippen LogP contribution in [0.3, 0.4) is 0 Å². The molecule has 1 saturated carbocycles. The molecule has 1 heterocycles. The maximum absolute atomic E-state index is 4.05. The molecule has 0 bridgehead atoms. The van der Waals surface area contributed by atoms with Crippen molar-refractivity contribution in [2.45, 2.75) is 77.0 Å². The van der Waals surface area contributed by atoms with Crippen molar-refractivity contribution in [2.24, 2.45) is 5.92 Å². The summed E-state index contributed by atoms with van der Waals surface area (Å²) in [4.78, 5) is 8.10. The van der Waals surface area contributed by atoms with Crippen molar-refractivity contribution in [3.8, 4) is 0 Å². The Hall–Kier alpha value is -0.920. The molecule has 19 heavy (non-hydrogen) atoms. The maximum Gasteiger partial charge on any atom is 0.115 e. The van der Waals surface area contributed by atoms with E-state index in [0.717, 1.165) is 12.3 Å². The molecule has 106 valence electrons. The Morgan fingerprint density at radius 1 is 0.842 bits per heavy atom. The van der Waals surface area contributed by atoms with E-state index in [0.29, 0.717) is 0 Å². The maximum atomic E-state index is 4.05. The third-order valence-electron chi connectivity index (χ3n) is 4.42. The average molecular weight is 260 g/mol. The van der Waals surface area contributed by atoms with Gasteiger partial charge >= 0.3 is 0 Å². The SMILES string of the molecule is c1ncc(CCCCCCCCC2CCCC2)cn1. The van der Waals surface area contributed by atoms with Crippen LogP contribution < -0.4 is 0 Å². The van der Waals surface area contributed by atoms with Crippen LogP contribution in [0.25, 0.3) is 0 Å². The summed E-state index contributed by atoms with van der Waals surface area (Å²) in [5.41, 5.74) is 1.28. The molecule has 1 aromatic heterocycles. The fourth-order valence-electron chi connectivity index (χ4n) is 3.23. The quantitative estimate of drug-likeness (QED) is 0.588. The molecule has 1 aliphatic rings. The first-order chi connectivity index (χ1) is 9.45. The highest BCUT2D eigenvalue weighted by atomic mass is 14.8. The zero-order valence-corrected chi connectivity index (χ0v) is 12.2. The van der Waals surface area contributed by atoms with Crippen LogP contribution in [0, 0.1) is 5.92 Å². The van der Waals surface area contributed by atoms with Gasteiger partial charge in [0.2, 0.25) is 0 Å². The predicted molar refractivity (Wildman–Crippen MR) is 80.0 cm³/mol. The van der Waals surface area contributed by atoms with Crippen molar-refractivity contribution in [1.82, 2.24) is 9.97 Å². The average Bonchev–Trinajstić information content (AvgIpc) is 2.96. The van der Waals surface area contributed by atoms with Gasteiger partial charge in [-0.3, -0.25) is 0 Å². The second-order valence-electron chi connectivity index (χ2n) is 6.06. The summed E-state index contributed by atoms with van der Waals surface area (Å²) in [6.45, 7) is 0. The summed E-state index contributed by atoms with van der Waals surface area (Å²) in [5.74, 6) is 1.08. The van der Waals surface area contributed by atoms with E-state index in [2.05, 4.69) is 9.97 Å². The topological polar surface area (TPSA) is 25.8 Å². The van der Waals surface area contributed by atoms with Gasteiger partial charge in [0, 0.05) is 12.4 Å². The molecule has 0 aliphatic heterocycles. The lowest BCUT2D eigenvalue weighted by Crippen LogP contribution is -1.93. The minimum Gasteiger partial charge on any atom is -0.245 e. The summed E-state index contributed by atoms with van der Waals surface area (Å²) in [6, 6.07) is 0. The van der Waals surface area contributed by atoms with Gasteiger partial charge in [0.15, 0.2) is 0 Å². The van der Waals surface area contributed by atoms with Crippen molar-refractivity contribution in [3.63, 3.8) is 0 Å². The number of unbranched alkanes of at least 4 members (excludes halogenated alkanes) is 5. The van der Waals surface area contributed by atoms with Crippen LogP contribution in [0.5, 0.6) is 0 Å². The Kier molecular flexibility index (Phi) is 6.91. The highest BCUT2D eigenvalue weighted by molar-refractivity contribution is 5.01. The molecule has 0 radical (unpaired) electrons. The molecule has 0 saturated heterocycles. The second-order valence-corrected chi connectivity index (χ2v) is 6.06. The second kappa shape index (κ2) is 9.06. The van der Waals surface area contributed by atoms with Crippen LogP contribution in [-0.2, 0) is 6.42 Å². The van der Waals surface area contributed by atoms with Crippen molar-refractivity contribution < 1.29 is 0 Å². The highest BCUT2D eigenvalue weighted by Gasteiger charge is 2.13. The predicted octanol–water partition coefficient (Wildman–Crippen LogP) is 4.94. The number of aromatic nitrogens is 2. The first-order valence-electron chi connectivity index (χ1n) is 8.19. The van der Waals surface area contributed by atoms with Crippen molar-refractivity contribution in [1.29, 1.82) is 0 Å². The van der Waals surface area contributed by atoms with E-state index in [4.69, 9.17) is 0 Å². The standard InChI is InChI=1S/C17H28N2/c1(3-5-9-16-10-7-8-11-16)2-4-6-12-17-13-18-15-19-14-17/h13-16H,1-12H2. The minimum absolute atomic E-state index is 1.08. The fourth-order valence-corrected chi connectivity index (χ4v) is 3.23. The van der Waals surface area contributed by atoms with Gasteiger partial charge in [-0.15, -0.1) is 0 Å². The van der Waals surface area contributed by atoms with E-state index in [9.17, 15) is 0 Å². The van der Waals surface area contributed by atoms with Gasteiger partial charge in [-0.1, -0.05) is 64.2 Å². The zero-order valence-electron chi connectivity index (χ0n) is 12.2. The van der Waals surface area contributed by atoms with Crippen LogP contribution in [-0.4, -0.2) is 9.97 Å². The molecule has 1 fully saturated rings. The fraction of sp³-hybridized carbons (Fsp3) is 0.765. The molecule has 0 N–H and O–H groups in total. The summed E-state index contributed by atoms with van der Waals surface area (Å²) in [7, 11) is 0. The molecule has 0 unspecified atom stereocenters. The summed E-state index contributed by atoms with van der Waals surface area (Å²) in [6.07, 6.45) is 22.5. The lowest BCUT2D eigenvalue weighted by atomic mass is 9.99. The molecule has 0 aromatic carbocycles. The van der Waals surface area contributed by atoms with Gasteiger partial charge in [0.1, 0.15) is 6.33 Å². The van der Waals surface area contributed by atoms with Crippen molar-refractivity contribution in [2.75, 3.05) is 0 Å². The van der Waals surface area contributed by atoms with Crippen LogP contribution in [0.15, 0.2) is 18.7 Å². The first kappa shape index (κ1) is 14.5. The molecule has 1 aromatic rings. The van der Waals surface area contributed by atoms with Crippen molar-refractivity contribution in [3.05, 3.63) is 24.3 Å². The van der Waals surface area contributed by atoms with E-state index in [1.165, 1.54) is 76.2 Å². The van der Waals surface area contributed by atoms with Crippen LogP contribution in [0.1, 0.15) is 76.2 Å². The van der Waals surface area contributed by atoms with E-state index < -0.39 is 0 Å². The Bertz CT molecular complexity index is 317. The van der Waals surface area contributed by atoms with Crippen LogP contribution >= 0.6 is 0 Å². The number of hydrogen-bond donors (Lipinski definition) is 0. The molecular weight excluding hydrogens is 232 g/mol. The molecule has 2 rings (SSSR count). The van der Waals surface area contributed by atoms with Crippen molar-refractivity contribution >= 4 is 0 Å². The van der Waals surface area contributed by atoms with E-state index in [1.807, 2.05) is 12.4 Å². The zero-order chi connectivity index (χ0) is 13.2. The molecule has 0 amide bonds. The normalized spacial score (nSPS) is 16.0. The summed E-state index contributed by atoms with van der Waals surface area (Å²) >= 11 is 0. The smallest absolute Gasteiger partial charge is 0.115 e. The summed E-state index contributed by atoms with van der Waals surface area (Å²) in [5, 5.41) is 0. The van der Waals surface area contributed by atoms with Crippen LogP contribution in [0.4, 0.5) is 0 Å². The van der Waals surface area contributed by atoms with Gasteiger partial charge < -0.3 is 0 Å². The highest BCUT2D eigenvalue weighted by Crippen LogP contribution is 2.29. The van der Waals surface area contributed by atoms with Crippen LogP contribution in [0.2, 0.25) is 0 Å². The number of hydrogen-bond acceptors (Lipinski definition) is 2. The summed E-state index contributed by atoms with van der Waals surface area (Å²) < 4.78 is 0. The third kappa shape index (κ3) is 6.17. The van der Waals surface area contributed by atoms with Gasteiger partial charge in [0.25, 0.3) is 0 Å². The molecule has 0 spiro atoms. The molecular formula is C17H28N2. The van der Waals surface area contributed by atoms with E-state index in [-0.39, 0.29) is 0 Å². The monoisotopic (exact) mass is 260 g/mol. The Morgan fingerprint density at radius 2 is 1.47 bits per heavy atom. The van der Waals surface area contributed by atoms with Gasteiger partial charge in [0.05, 0.1) is 0 Å². The number of aryl methyl sites for hydroxylation is 1. The first-order valence-corrected chi connectivity index (χ1v) is 8.19. The Labute approximate surface area is 118 Å². The Morgan fingerprint density at radius 3 is 2.21 bits per heavy atom. The molecule has 1 aliphatic carbocycles. The van der Waals surface area contributed by atoms with E-state index >= 15 is 0 Å². The molecule has 2 nitrogen and oxygen atoms in total. The third-order valence-corrected chi connectivity index (χ3v) is 4.42. The number of nitrogens with zero attached hydrogens (tertiary/aromatic N) is 2. The van der Waals surface area contributed by atoms with Gasteiger partial charge in [-0.05, 0) is 24.3 Å². The Balaban J connectivity index is 1.38. The van der Waals surface area contributed by atoms with Gasteiger partial charge in [-0.2, -0.15) is 0 Å². The lowest BCUT2D eigenvalue weighted by Gasteiger charge is -2.07. The van der Waals surface area contributed by atoms with Gasteiger partial charge in [-0.25, -0.2) is 9.97 Å². The molecule has 0 atom stereocenters. The number of rotatable bonds is 9. The molecule has 2 heteroatoms. The van der Waals surface area contributed by atoms with E-state index in [1.54, 1.807) is 6.33 Å². The largest absolute Gasteiger partial charge is 0.245 e. The lowest BCUT2D eigenvalue weighted by molar-refractivity contribution is 0.461.